The first-order chi connectivity index (χ1) is 6.45. The molecule has 0 saturated carbocycles. The first-order valence-corrected chi connectivity index (χ1v) is 6.04. The van der Waals surface area contributed by atoms with Crippen LogP contribution in [0.25, 0.3) is 0 Å². The van der Waals surface area contributed by atoms with Gasteiger partial charge in [-0.3, -0.25) is 9.36 Å². The second-order valence-electron chi connectivity index (χ2n) is 2.57. The Labute approximate surface area is 82.9 Å². The molecule has 6 nitrogen and oxygen atoms in total. The predicted molar refractivity (Wildman–Crippen MR) is 51.3 cm³/mol. The van der Waals surface area contributed by atoms with Gasteiger partial charge < -0.3 is 19.9 Å². The van der Waals surface area contributed by atoms with Crippen molar-refractivity contribution in [3.8, 4) is 0 Å². The van der Waals surface area contributed by atoms with Crippen molar-refractivity contribution in [2.24, 2.45) is 5.73 Å². The fraction of sp³-hybridized carbons (Fsp3) is 0.857. The lowest BCUT2D eigenvalue weighted by Crippen LogP contribution is -2.34. The Kier molecular flexibility index (Phi) is 5.95. The van der Waals surface area contributed by atoms with E-state index in [-0.39, 0.29) is 19.4 Å². The zero-order chi connectivity index (χ0) is 11.2. The Balaban J connectivity index is 4.35. The van der Waals surface area contributed by atoms with Crippen molar-refractivity contribution >= 4 is 13.6 Å². The Hall–Kier alpha value is -0.420. The zero-order valence-electron chi connectivity index (χ0n) is 8.30. The van der Waals surface area contributed by atoms with Crippen LogP contribution >= 0.6 is 7.60 Å². The minimum atomic E-state index is -3.34. The molecule has 0 unspecified atom stereocenters. The van der Waals surface area contributed by atoms with Gasteiger partial charge in [0.25, 0.3) is 0 Å². The number of carboxylic acids is 1. The molecule has 0 aliphatic rings. The van der Waals surface area contributed by atoms with Crippen molar-refractivity contribution < 1.29 is 23.5 Å². The average molecular weight is 225 g/mol. The first kappa shape index (κ1) is 13.6. The third-order valence-electron chi connectivity index (χ3n) is 1.39. The smallest absolute Gasteiger partial charge is 0.332 e. The van der Waals surface area contributed by atoms with Crippen molar-refractivity contribution in [2.45, 2.75) is 19.9 Å². The second kappa shape index (κ2) is 6.14. The maximum absolute atomic E-state index is 11.7. The quantitative estimate of drug-likeness (QED) is 0.617. The Morgan fingerprint density at radius 3 is 2.14 bits per heavy atom. The molecule has 84 valence electrons. The van der Waals surface area contributed by atoms with Crippen LogP contribution in [0.4, 0.5) is 0 Å². The monoisotopic (exact) mass is 225 g/mol. The molecule has 3 N–H and O–H groups in total. The standard InChI is InChI=1S/C7H16NO5P/c1-3-12-14(11,13-4-2)5-6(8)7(9)10/h6H,3-5,8H2,1-2H3,(H,9,10)/t6-/m1/s1. The first-order valence-electron chi connectivity index (χ1n) is 4.31. The Morgan fingerprint density at radius 1 is 1.43 bits per heavy atom. The van der Waals surface area contributed by atoms with E-state index < -0.39 is 19.6 Å². The molecular formula is C7H16NO5P. The maximum Gasteiger partial charge on any atom is 0.332 e. The summed E-state index contributed by atoms with van der Waals surface area (Å²) < 4.78 is 21.5. The topological polar surface area (TPSA) is 98.9 Å². The molecule has 0 rings (SSSR count). The van der Waals surface area contributed by atoms with E-state index in [0.717, 1.165) is 0 Å². The number of carboxylic acid groups (broad SMARTS) is 1. The highest BCUT2D eigenvalue weighted by Gasteiger charge is 2.29. The molecule has 1 atom stereocenters. The van der Waals surface area contributed by atoms with E-state index in [1.54, 1.807) is 13.8 Å². The number of hydrogen-bond donors (Lipinski definition) is 2. The van der Waals surface area contributed by atoms with Crippen molar-refractivity contribution in [2.75, 3.05) is 19.4 Å². The van der Waals surface area contributed by atoms with Crippen LogP contribution in [-0.4, -0.2) is 36.5 Å². The van der Waals surface area contributed by atoms with Crippen molar-refractivity contribution in [3.63, 3.8) is 0 Å². The molecule has 0 aromatic heterocycles. The summed E-state index contributed by atoms with van der Waals surface area (Å²) in [6.45, 7) is 3.70. The SMILES string of the molecule is CCOP(=O)(C[C@@H](N)C(=O)O)OCC. The highest BCUT2D eigenvalue weighted by Crippen LogP contribution is 2.48. The number of rotatable bonds is 7. The molecule has 0 spiro atoms. The van der Waals surface area contributed by atoms with Gasteiger partial charge in [0.05, 0.1) is 19.4 Å². The lowest BCUT2D eigenvalue weighted by atomic mass is 10.4. The van der Waals surface area contributed by atoms with Gasteiger partial charge in [0.15, 0.2) is 0 Å². The summed E-state index contributed by atoms with van der Waals surface area (Å²) in [6.07, 6.45) is -0.302. The van der Waals surface area contributed by atoms with Gasteiger partial charge in [0.2, 0.25) is 0 Å². The molecule has 0 saturated heterocycles. The molecule has 0 bridgehead atoms. The van der Waals surface area contributed by atoms with Gasteiger partial charge in [-0.05, 0) is 13.8 Å². The number of nitrogens with two attached hydrogens (primary N) is 1. The molecule has 0 fully saturated rings. The minimum Gasteiger partial charge on any atom is -0.480 e. The van der Waals surface area contributed by atoms with Gasteiger partial charge in [-0.2, -0.15) is 0 Å². The molecule has 0 aliphatic carbocycles. The number of aliphatic carboxylic acids is 1. The summed E-state index contributed by atoms with van der Waals surface area (Å²) in [4.78, 5) is 10.4. The normalized spacial score (nSPS) is 13.9. The van der Waals surface area contributed by atoms with Crippen LogP contribution in [0, 0.1) is 0 Å². The molecule has 0 aromatic rings. The zero-order valence-corrected chi connectivity index (χ0v) is 9.20. The molecule has 0 heterocycles. The molecule has 0 aromatic carbocycles. The lowest BCUT2D eigenvalue weighted by molar-refractivity contribution is -0.138. The fourth-order valence-electron chi connectivity index (χ4n) is 0.855. The highest BCUT2D eigenvalue weighted by atomic mass is 31.2. The van der Waals surface area contributed by atoms with Crippen LogP contribution in [0.3, 0.4) is 0 Å². The molecule has 14 heavy (non-hydrogen) atoms. The minimum absolute atomic E-state index is 0.198. The van der Waals surface area contributed by atoms with Crippen LogP contribution in [-0.2, 0) is 18.4 Å². The molecular weight excluding hydrogens is 209 g/mol. The highest BCUT2D eigenvalue weighted by molar-refractivity contribution is 7.53. The van der Waals surface area contributed by atoms with E-state index in [1.165, 1.54) is 0 Å². The third kappa shape index (κ3) is 4.72. The van der Waals surface area contributed by atoms with Gasteiger partial charge in [-0.1, -0.05) is 0 Å². The van der Waals surface area contributed by atoms with Crippen molar-refractivity contribution in [1.29, 1.82) is 0 Å². The van der Waals surface area contributed by atoms with Gasteiger partial charge >= 0.3 is 13.6 Å². The number of hydrogen-bond acceptors (Lipinski definition) is 5. The van der Waals surface area contributed by atoms with E-state index in [9.17, 15) is 9.36 Å². The van der Waals surface area contributed by atoms with E-state index in [4.69, 9.17) is 19.9 Å². The van der Waals surface area contributed by atoms with Crippen molar-refractivity contribution in [1.82, 2.24) is 0 Å². The summed E-state index contributed by atoms with van der Waals surface area (Å²) in [5.74, 6) is -1.22. The fourth-order valence-corrected chi connectivity index (χ4v) is 2.57. The van der Waals surface area contributed by atoms with E-state index in [0.29, 0.717) is 0 Å². The van der Waals surface area contributed by atoms with Crippen LogP contribution in [0.15, 0.2) is 0 Å². The summed E-state index contributed by atoms with van der Waals surface area (Å²) in [5, 5.41) is 8.52. The van der Waals surface area contributed by atoms with Crippen LogP contribution in [0.1, 0.15) is 13.8 Å². The average Bonchev–Trinajstić information content (AvgIpc) is 2.04. The van der Waals surface area contributed by atoms with E-state index >= 15 is 0 Å². The number of carbonyl (C=O) groups is 1. The van der Waals surface area contributed by atoms with Gasteiger partial charge in [0, 0.05) is 0 Å². The molecule has 0 radical (unpaired) electrons. The third-order valence-corrected chi connectivity index (χ3v) is 3.53. The van der Waals surface area contributed by atoms with Gasteiger partial charge in [0.1, 0.15) is 6.04 Å². The summed E-state index contributed by atoms with van der Waals surface area (Å²) in [6, 6.07) is -1.22. The summed E-state index contributed by atoms with van der Waals surface area (Å²) in [5.41, 5.74) is 5.23. The van der Waals surface area contributed by atoms with Crippen molar-refractivity contribution in [3.05, 3.63) is 0 Å². The van der Waals surface area contributed by atoms with Gasteiger partial charge in [-0.15, -0.1) is 0 Å². The van der Waals surface area contributed by atoms with Crippen LogP contribution in [0.2, 0.25) is 0 Å². The summed E-state index contributed by atoms with van der Waals surface area (Å²) >= 11 is 0. The lowest BCUT2D eigenvalue weighted by Gasteiger charge is -2.18. The Bertz CT molecular complexity index is 222. The predicted octanol–water partition coefficient (Wildman–Crippen LogP) is 0.664. The Morgan fingerprint density at radius 2 is 1.86 bits per heavy atom. The van der Waals surface area contributed by atoms with E-state index in [2.05, 4.69) is 0 Å². The molecule has 7 heteroatoms. The summed E-state index contributed by atoms with van der Waals surface area (Å²) in [7, 11) is -3.34. The van der Waals surface area contributed by atoms with E-state index in [1.807, 2.05) is 0 Å². The molecule has 0 amide bonds. The van der Waals surface area contributed by atoms with Gasteiger partial charge in [-0.25, -0.2) is 0 Å². The molecule has 0 aliphatic heterocycles. The maximum atomic E-state index is 11.7. The van der Waals surface area contributed by atoms with Crippen LogP contribution in [0.5, 0.6) is 0 Å². The second-order valence-corrected chi connectivity index (χ2v) is 4.68. The largest absolute Gasteiger partial charge is 0.480 e. The van der Waals surface area contributed by atoms with Crippen LogP contribution < -0.4 is 5.73 Å².